The molecule has 1 aliphatic heterocycles. The van der Waals surface area contributed by atoms with E-state index in [4.69, 9.17) is 19.4 Å². The topological polar surface area (TPSA) is 149 Å². The summed E-state index contributed by atoms with van der Waals surface area (Å²) >= 11 is 0. The minimum atomic E-state index is -3.74. The van der Waals surface area contributed by atoms with Crippen LogP contribution in [0.15, 0.2) is 12.4 Å². The number of hydrogen-bond acceptors (Lipinski definition) is 9. The van der Waals surface area contributed by atoms with Gasteiger partial charge in [0.25, 0.3) is 10.1 Å². The second-order valence-corrected chi connectivity index (χ2v) is 7.64. The van der Waals surface area contributed by atoms with Gasteiger partial charge >= 0.3 is 5.95 Å². The maximum Gasteiger partial charge on any atom is 0.434 e. The summed E-state index contributed by atoms with van der Waals surface area (Å²) in [7, 11) is -3.74. The van der Waals surface area contributed by atoms with Crippen LogP contribution in [0.5, 0.6) is 0 Å². The van der Waals surface area contributed by atoms with Crippen LogP contribution < -0.4 is 5.73 Å². The Balaban J connectivity index is 2.03. The van der Waals surface area contributed by atoms with Gasteiger partial charge in [0.1, 0.15) is 25.0 Å². The Kier molecular flexibility index (Phi) is 7.90. The lowest BCUT2D eigenvalue weighted by atomic mass is 10.2. The highest BCUT2D eigenvalue weighted by Crippen LogP contribution is 2.18. The molecule has 1 aliphatic rings. The standard InChI is InChI=1S/C14H24N4O7S/c15-5-3-9-26(21,22)24-11-12(25-13-4-1-2-8-23-13)10-17-7-6-16-14(17)18(19)20/h6-7,12-13H,1-5,8-11,15H2. The fourth-order valence-electron chi connectivity index (χ4n) is 2.50. The summed E-state index contributed by atoms with van der Waals surface area (Å²) in [6.07, 6.45) is 4.30. The van der Waals surface area contributed by atoms with Gasteiger partial charge in [0.05, 0.1) is 12.4 Å². The maximum atomic E-state index is 11.9. The summed E-state index contributed by atoms with van der Waals surface area (Å²) in [5, 5.41) is 11.0. The van der Waals surface area contributed by atoms with Crippen LogP contribution in [0.3, 0.4) is 0 Å². The summed E-state index contributed by atoms with van der Waals surface area (Å²) in [5.74, 6) is -0.546. The van der Waals surface area contributed by atoms with E-state index in [9.17, 15) is 18.5 Å². The number of nitrogens with zero attached hydrogens (tertiary/aromatic N) is 3. The van der Waals surface area contributed by atoms with E-state index in [2.05, 4.69) is 4.98 Å². The predicted octanol–water partition coefficient (Wildman–Crippen LogP) is 0.398. The van der Waals surface area contributed by atoms with Crippen molar-refractivity contribution in [1.82, 2.24) is 9.55 Å². The molecule has 0 bridgehead atoms. The number of aromatic nitrogens is 2. The second-order valence-electron chi connectivity index (χ2n) is 5.88. The molecule has 1 fully saturated rings. The third-order valence-electron chi connectivity index (χ3n) is 3.77. The van der Waals surface area contributed by atoms with Crippen LogP contribution in [0.4, 0.5) is 5.95 Å². The van der Waals surface area contributed by atoms with Crippen molar-refractivity contribution in [3.8, 4) is 0 Å². The molecule has 2 N–H and O–H groups in total. The first kappa shape index (κ1) is 20.7. The Morgan fingerprint density at radius 1 is 1.50 bits per heavy atom. The van der Waals surface area contributed by atoms with Crippen molar-refractivity contribution >= 4 is 16.1 Å². The third-order valence-corrected chi connectivity index (χ3v) is 5.06. The molecule has 0 amide bonds. The van der Waals surface area contributed by atoms with E-state index in [1.54, 1.807) is 0 Å². The molecule has 2 heterocycles. The van der Waals surface area contributed by atoms with E-state index in [0.717, 1.165) is 12.8 Å². The predicted molar refractivity (Wildman–Crippen MR) is 90.8 cm³/mol. The van der Waals surface area contributed by atoms with Crippen LogP contribution in [0.1, 0.15) is 25.7 Å². The largest absolute Gasteiger partial charge is 0.434 e. The summed E-state index contributed by atoms with van der Waals surface area (Å²) in [4.78, 5) is 14.1. The van der Waals surface area contributed by atoms with Crippen molar-refractivity contribution < 1.29 is 27.0 Å². The molecule has 2 atom stereocenters. The van der Waals surface area contributed by atoms with Gasteiger partial charge in [-0.05, 0) is 37.2 Å². The van der Waals surface area contributed by atoms with E-state index < -0.39 is 27.4 Å². The van der Waals surface area contributed by atoms with Gasteiger partial charge in [0, 0.05) is 6.61 Å². The molecule has 1 aromatic heterocycles. The first-order valence-electron chi connectivity index (χ1n) is 8.41. The first-order chi connectivity index (χ1) is 12.4. The molecular formula is C14H24N4O7S. The summed E-state index contributed by atoms with van der Waals surface area (Å²) < 4.78 is 41.3. The van der Waals surface area contributed by atoms with Crippen molar-refractivity contribution in [1.29, 1.82) is 0 Å². The molecule has 148 valence electrons. The van der Waals surface area contributed by atoms with Crippen LogP contribution in [-0.4, -0.2) is 60.8 Å². The molecule has 1 aromatic rings. The lowest BCUT2D eigenvalue weighted by Gasteiger charge is -2.27. The van der Waals surface area contributed by atoms with Gasteiger partial charge < -0.3 is 25.3 Å². The molecule has 26 heavy (non-hydrogen) atoms. The average Bonchev–Trinajstić information content (AvgIpc) is 3.07. The SMILES string of the molecule is NCCCS(=O)(=O)OCC(Cn1ccnc1[N+](=O)[O-])OC1CCCCO1. The highest BCUT2D eigenvalue weighted by Gasteiger charge is 2.26. The quantitative estimate of drug-likeness (QED) is 0.321. The molecule has 0 aliphatic carbocycles. The Morgan fingerprint density at radius 2 is 2.31 bits per heavy atom. The Morgan fingerprint density at radius 3 is 2.96 bits per heavy atom. The third kappa shape index (κ3) is 6.61. The van der Waals surface area contributed by atoms with E-state index in [0.29, 0.717) is 13.0 Å². The van der Waals surface area contributed by atoms with Crippen molar-refractivity contribution in [2.45, 2.75) is 44.6 Å². The maximum absolute atomic E-state index is 11.9. The van der Waals surface area contributed by atoms with E-state index in [1.807, 2.05) is 0 Å². The van der Waals surface area contributed by atoms with Crippen LogP contribution in [-0.2, 0) is 30.3 Å². The Hall–Kier alpha value is -1.60. The van der Waals surface area contributed by atoms with E-state index in [1.165, 1.54) is 17.0 Å². The van der Waals surface area contributed by atoms with Gasteiger partial charge in [-0.3, -0.25) is 4.18 Å². The molecule has 2 unspecified atom stereocenters. The molecule has 12 heteroatoms. The minimum absolute atomic E-state index is 0.0165. The van der Waals surface area contributed by atoms with E-state index in [-0.39, 0.29) is 37.8 Å². The molecule has 1 saturated heterocycles. The second kappa shape index (κ2) is 9.92. The van der Waals surface area contributed by atoms with Gasteiger partial charge in [-0.15, -0.1) is 0 Å². The molecule has 0 radical (unpaired) electrons. The van der Waals surface area contributed by atoms with E-state index >= 15 is 0 Å². The Bertz CT molecular complexity index is 673. The molecule has 0 aromatic carbocycles. The number of hydrogen-bond donors (Lipinski definition) is 1. The van der Waals surface area contributed by atoms with Crippen molar-refractivity contribution in [3.63, 3.8) is 0 Å². The lowest BCUT2D eigenvalue weighted by Crippen LogP contribution is -2.34. The molecule has 2 rings (SSSR count). The van der Waals surface area contributed by atoms with Crippen molar-refractivity contribution in [3.05, 3.63) is 22.5 Å². The normalized spacial score (nSPS) is 19.3. The van der Waals surface area contributed by atoms with Gasteiger partial charge in [-0.25, -0.2) is 4.57 Å². The fourth-order valence-corrected chi connectivity index (χ4v) is 3.50. The van der Waals surface area contributed by atoms with Gasteiger partial charge in [-0.1, -0.05) is 4.98 Å². The monoisotopic (exact) mass is 392 g/mol. The highest BCUT2D eigenvalue weighted by atomic mass is 32.2. The van der Waals surface area contributed by atoms with Gasteiger partial charge in [0.2, 0.25) is 0 Å². The summed E-state index contributed by atoms with van der Waals surface area (Å²) in [6, 6.07) is 0. The minimum Gasteiger partial charge on any atom is -0.390 e. The number of nitro groups is 1. The van der Waals surface area contributed by atoms with Gasteiger partial charge in [-0.2, -0.15) is 8.42 Å². The summed E-state index contributed by atoms with van der Waals surface area (Å²) in [6.45, 7) is 0.530. The molecular weight excluding hydrogens is 368 g/mol. The number of imidazole rings is 1. The number of ether oxygens (including phenoxy) is 2. The van der Waals surface area contributed by atoms with Crippen molar-refractivity contribution in [2.24, 2.45) is 5.73 Å². The van der Waals surface area contributed by atoms with Crippen LogP contribution in [0.2, 0.25) is 0 Å². The summed E-state index contributed by atoms with van der Waals surface area (Å²) in [5.41, 5.74) is 5.32. The van der Waals surface area contributed by atoms with Crippen LogP contribution >= 0.6 is 0 Å². The highest BCUT2D eigenvalue weighted by molar-refractivity contribution is 7.86. The number of rotatable bonds is 11. The molecule has 0 spiro atoms. The Labute approximate surface area is 151 Å². The smallest absolute Gasteiger partial charge is 0.390 e. The lowest BCUT2D eigenvalue weighted by molar-refractivity contribution is -0.397. The molecule has 11 nitrogen and oxygen atoms in total. The average molecular weight is 392 g/mol. The van der Waals surface area contributed by atoms with Crippen LogP contribution in [0, 0.1) is 10.1 Å². The first-order valence-corrected chi connectivity index (χ1v) is 9.99. The number of nitrogens with two attached hydrogens (primary N) is 1. The van der Waals surface area contributed by atoms with Gasteiger partial charge in [0.15, 0.2) is 6.29 Å². The van der Waals surface area contributed by atoms with Crippen LogP contribution in [0.25, 0.3) is 0 Å². The molecule has 0 saturated carbocycles. The zero-order valence-corrected chi connectivity index (χ0v) is 15.2. The van der Waals surface area contributed by atoms with Crippen molar-refractivity contribution in [2.75, 3.05) is 25.5 Å². The fraction of sp³-hybridized carbons (Fsp3) is 0.786. The zero-order chi connectivity index (χ0) is 19.0. The zero-order valence-electron chi connectivity index (χ0n) is 14.4.